The van der Waals surface area contributed by atoms with E-state index in [2.05, 4.69) is 10.2 Å². The van der Waals surface area contributed by atoms with Crippen molar-refractivity contribution < 1.29 is 17.6 Å². The van der Waals surface area contributed by atoms with Crippen molar-refractivity contribution in [2.45, 2.75) is 18.9 Å². The quantitative estimate of drug-likeness (QED) is 0.856. The van der Waals surface area contributed by atoms with Crippen LogP contribution in [0.3, 0.4) is 0 Å². The molecule has 2 fully saturated rings. The van der Waals surface area contributed by atoms with E-state index in [0.717, 1.165) is 5.56 Å². The average Bonchev–Trinajstić information content (AvgIpc) is 2.97. The van der Waals surface area contributed by atoms with Crippen LogP contribution in [0.2, 0.25) is 0 Å². The van der Waals surface area contributed by atoms with Crippen molar-refractivity contribution in [3.63, 3.8) is 0 Å². The van der Waals surface area contributed by atoms with Crippen LogP contribution in [0, 0.1) is 5.82 Å². The molecule has 6 nitrogen and oxygen atoms in total. The van der Waals surface area contributed by atoms with Crippen LogP contribution in [-0.2, 0) is 16.3 Å². The van der Waals surface area contributed by atoms with Crippen molar-refractivity contribution in [1.29, 1.82) is 0 Å². The number of hydrogen-bond donors (Lipinski definition) is 1. The lowest BCUT2D eigenvalue weighted by Crippen LogP contribution is -2.54. The topological polar surface area (TPSA) is 69.7 Å². The van der Waals surface area contributed by atoms with Crippen LogP contribution in [0.25, 0.3) is 0 Å². The van der Waals surface area contributed by atoms with Gasteiger partial charge in [0.05, 0.1) is 11.5 Å². The molecule has 8 heteroatoms. The molecule has 2 aliphatic heterocycles. The molecule has 2 heterocycles. The SMILES string of the molecule is O=C(NCCc1ccc(F)cc1)N1CCN(C2CCS(=O)(=O)C2)CC1. The van der Waals surface area contributed by atoms with E-state index in [0.29, 0.717) is 45.6 Å². The predicted octanol–water partition coefficient (Wildman–Crippen LogP) is 0.883. The predicted molar refractivity (Wildman–Crippen MR) is 93.7 cm³/mol. The highest BCUT2D eigenvalue weighted by atomic mass is 32.2. The maximum absolute atomic E-state index is 12.9. The molecule has 1 unspecified atom stereocenters. The van der Waals surface area contributed by atoms with Crippen LogP contribution < -0.4 is 5.32 Å². The third kappa shape index (κ3) is 4.92. The van der Waals surface area contributed by atoms with E-state index in [1.807, 2.05) is 0 Å². The van der Waals surface area contributed by atoms with E-state index >= 15 is 0 Å². The minimum absolute atomic E-state index is 0.0965. The summed E-state index contributed by atoms with van der Waals surface area (Å²) >= 11 is 0. The van der Waals surface area contributed by atoms with Gasteiger partial charge in [-0.25, -0.2) is 17.6 Å². The molecule has 1 aromatic carbocycles. The third-order valence-electron chi connectivity index (χ3n) is 4.93. The molecule has 2 amide bonds. The normalized spacial score (nSPS) is 23.6. The molecule has 1 atom stereocenters. The van der Waals surface area contributed by atoms with Crippen LogP contribution in [0.4, 0.5) is 9.18 Å². The summed E-state index contributed by atoms with van der Waals surface area (Å²) in [4.78, 5) is 16.2. The number of nitrogens with one attached hydrogen (secondary N) is 1. The monoisotopic (exact) mass is 369 g/mol. The number of halogens is 1. The van der Waals surface area contributed by atoms with Crippen LogP contribution >= 0.6 is 0 Å². The van der Waals surface area contributed by atoms with Crippen LogP contribution in [0.15, 0.2) is 24.3 Å². The summed E-state index contributed by atoms with van der Waals surface area (Å²) in [6, 6.07) is 6.28. The van der Waals surface area contributed by atoms with Crippen LogP contribution in [-0.4, -0.2) is 74.5 Å². The Bertz CT molecular complexity index is 700. The summed E-state index contributed by atoms with van der Waals surface area (Å²) < 4.78 is 36.0. The smallest absolute Gasteiger partial charge is 0.317 e. The Balaban J connectivity index is 1.39. The van der Waals surface area contributed by atoms with Crippen LogP contribution in [0.1, 0.15) is 12.0 Å². The summed E-state index contributed by atoms with van der Waals surface area (Å²) in [7, 11) is -2.87. The Kier molecular flexibility index (Phi) is 5.58. The fourth-order valence-corrected chi connectivity index (χ4v) is 5.19. The number of amides is 2. The molecule has 0 saturated carbocycles. The van der Waals surface area contributed by atoms with Gasteiger partial charge in [0, 0.05) is 38.8 Å². The molecule has 0 bridgehead atoms. The standard InChI is InChI=1S/C17H24FN3O3S/c18-15-3-1-14(2-4-15)5-7-19-17(22)21-10-8-20(9-11-21)16-6-12-25(23,24)13-16/h1-4,16H,5-13H2,(H,19,22). The number of carbonyl (C=O) groups excluding carboxylic acids is 1. The van der Waals surface area contributed by atoms with Gasteiger partial charge in [0.25, 0.3) is 0 Å². The van der Waals surface area contributed by atoms with Gasteiger partial charge in [-0.2, -0.15) is 0 Å². The number of benzene rings is 1. The number of sulfone groups is 1. The van der Waals surface area contributed by atoms with Crippen molar-refractivity contribution in [2.24, 2.45) is 0 Å². The Hall–Kier alpha value is -1.67. The van der Waals surface area contributed by atoms with Crippen molar-refractivity contribution in [2.75, 3.05) is 44.2 Å². The molecule has 25 heavy (non-hydrogen) atoms. The molecule has 0 aliphatic carbocycles. The number of hydrogen-bond acceptors (Lipinski definition) is 4. The molecule has 0 radical (unpaired) electrons. The molecule has 1 aromatic rings. The van der Waals surface area contributed by atoms with Gasteiger partial charge in [-0.05, 0) is 30.5 Å². The Morgan fingerprint density at radius 3 is 2.44 bits per heavy atom. The first-order chi connectivity index (χ1) is 11.9. The number of rotatable bonds is 4. The highest BCUT2D eigenvalue weighted by molar-refractivity contribution is 7.91. The highest BCUT2D eigenvalue weighted by Crippen LogP contribution is 2.19. The summed E-state index contributed by atoms with van der Waals surface area (Å²) in [5.41, 5.74) is 0.981. The number of carbonyl (C=O) groups is 1. The molecule has 3 rings (SSSR count). The zero-order chi connectivity index (χ0) is 17.9. The first-order valence-corrected chi connectivity index (χ1v) is 10.5. The van der Waals surface area contributed by atoms with Gasteiger partial charge in [-0.3, -0.25) is 4.90 Å². The second-order valence-electron chi connectivity index (χ2n) is 6.69. The lowest BCUT2D eigenvalue weighted by molar-refractivity contribution is 0.116. The summed E-state index contributed by atoms with van der Waals surface area (Å²) in [6.45, 7) is 3.15. The fraction of sp³-hybridized carbons (Fsp3) is 0.588. The summed E-state index contributed by atoms with van der Waals surface area (Å²) in [5, 5.41) is 2.89. The lowest BCUT2D eigenvalue weighted by atomic mass is 10.1. The van der Waals surface area contributed by atoms with E-state index in [-0.39, 0.29) is 29.4 Å². The molecule has 1 N–H and O–H groups in total. The first-order valence-electron chi connectivity index (χ1n) is 8.65. The second-order valence-corrected chi connectivity index (χ2v) is 8.92. The summed E-state index contributed by atoms with van der Waals surface area (Å²) in [6.07, 6.45) is 1.36. The van der Waals surface area contributed by atoms with Crippen LogP contribution in [0.5, 0.6) is 0 Å². The molecule has 2 aliphatic rings. The molecule has 0 aromatic heterocycles. The van der Waals surface area contributed by atoms with Gasteiger partial charge in [0.2, 0.25) is 0 Å². The van der Waals surface area contributed by atoms with Gasteiger partial charge in [0.15, 0.2) is 9.84 Å². The van der Waals surface area contributed by atoms with Gasteiger partial charge in [0.1, 0.15) is 5.82 Å². The second kappa shape index (κ2) is 7.70. The van der Waals surface area contributed by atoms with Gasteiger partial charge in [-0.1, -0.05) is 12.1 Å². The average molecular weight is 369 g/mol. The Morgan fingerprint density at radius 1 is 1.16 bits per heavy atom. The minimum atomic E-state index is -2.87. The molecule has 138 valence electrons. The third-order valence-corrected chi connectivity index (χ3v) is 6.68. The van der Waals surface area contributed by atoms with E-state index < -0.39 is 9.84 Å². The van der Waals surface area contributed by atoms with Gasteiger partial charge >= 0.3 is 6.03 Å². The largest absolute Gasteiger partial charge is 0.338 e. The van der Waals surface area contributed by atoms with Gasteiger partial charge < -0.3 is 10.2 Å². The van der Waals surface area contributed by atoms with E-state index in [4.69, 9.17) is 0 Å². The minimum Gasteiger partial charge on any atom is -0.338 e. The first kappa shape index (κ1) is 18.1. The number of nitrogens with zero attached hydrogens (tertiary/aromatic N) is 2. The maximum atomic E-state index is 12.9. The van der Waals surface area contributed by atoms with E-state index in [1.54, 1.807) is 17.0 Å². The number of piperazine rings is 1. The van der Waals surface area contributed by atoms with E-state index in [1.165, 1.54) is 12.1 Å². The molecule has 2 saturated heterocycles. The van der Waals surface area contributed by atoms with Crippen molar-refractivity contribution in [3.8, 4) is 0 Å². The summed E-state index contributed by atoms with van der Waals surface area (Å²) in [5.74, 6) is 0.263. The highest BCUT2D eigenvalue weighted by Gasteiger charge is 2.34. The zero-order valence-electron chi connectivity index (χ0n) is 14.2. The molecule has 0 spiro atoms. The Morgan fingerprint density at radius 2 is 1.84 bits per heavy atom. The van der Waals surface area contributed by atoms with E-state index in [9.17, 15) is 17.6 Å². The van der Waals surface area contributed by atoms with Gasteiger partial charge in [-0.15, -0.1) is 0 Å². The lowest BCUT2D eigenvalue weighted by Gasteiger charge is -2.37. The number of urea groups is 1. The zero-order valence-corrected chi connectivity index (χ0v) is 15.0. The molecular weight excluding hydrogens is 345 g/mol. The molecular formula is C17H24FN3O3S. The Labute approximate surface area is 147 Å². The fourth-order valence-electron chi connectivity index (χ4n) is 3.43. The van der Waals surface area contributed by atoms with Crippen molar-refractivity contribution in [3.05, 3.63) is 35.6 Å². The van der Waals surface area contributed by atoms with Crippen molar-refractivity contribution in [1.82, 2.24) is 15.1 Å². The maximum Gasteiger partial charge on any atom is 0.317 e. The van der Waals surface area contributed by atoms with Crippen molar-refractivity contribution >= 4 is 15.9 Å².